The third-order valence-electron chi connectivity index (χ3n) is 2.85. The highest BCUT2D eigenvalue weighted by Gasteiger charge is 2.13. The third-order valence-corrected chi connectivity index (χ3v) is 2.85. The number of benzene rings is 1. The van der Waals surface area contributed by atoms with Gasteiger partial charge in [-0.3, -0.25) is 4.79 Å². The van der Waals surface area contributed by atoms with E-state index in [4.69, 9.17) is 0 Å². The van der Waals surface area contributed by atoms with Gasteiger partial charge in [-0.15, -0.1) is 0 Å². The van der Waals surface area contributed by atoms with Crippen LogP contribution in [0.25, 0.3) is 0 Å². The van der Waals surface area contributed by atoms with Gasteiger partial charge in [0.1, 0.15) is 0 Å². The zero-order valence-electron chi connectivity index (χ0n) is 10.9. The maximum absolute atomic E-state index is 12.0. The van der Waals surface area contributed by atoms with E-state index in [1.807, 2.05) is 0 Å². The average Bonchev–Trinajstić information content (AvgIpc) is 2.33. The van der Waals surface area contributed by atoms with Crippen LogP contribution in [0.2, 0.25) is 0 Å². The zero-order valence-corrected chi connectivity index (χ0v) is 10.9. The zero-order chi connectivity index (χ0) is 13.5. The predicted molar refractivity (Wildman–Crippen MR) is 70.8 cm³/mol. The van der Waals surface area contributed by atoms with Gasteiger partial charge in [0.05, 0.1) is 0 Å². The molecule has 0 heterocycles. The molecule has 1 aromatic carbocycles. The molecule has 0 bridgehead atoms. The molecule has 4 heteroatoms. The maximum atomic E-state index is 12.0. The summed E-state index contributed by atoms with van der Waals surface area (Å²) in [5, 5.41) is 21.5. The van der Waals surface area contributed by atoms with Crippen LogP contribution >= 0.6 is 0 Å². The van der Waals surface area contributed by atoms with Gasteiger partial charge in [0, 0.05) is 11.6 Å². The SMILES string of the molecule is CCCC(CCC)NC(=O)c1ccc(O)c(O)c1. The molecule has 0 saturated carbocycles. The molecule has 0 fully saturated rings. The van der Waals surface area contributed by atoms with Gasteiger partial charge in [0.2, 0.25) is 0 Å². The summed E-state index contributed by atoms with van der Waals surface area (Å²) in [6, 6.07) is 4.26. The van der Waals surface area contributed by atoms with Gasteiger partial charge >= 0.3 is 0 Å². The lowest BCUT2D eigenvalue weighted by atomic mass is 10.1. The van der Waals surface area contributed by atoms with Crippen LogP contribution in [-0.4, -0.2) is 22.2 Å². The Bertz CT molecular complexity index is 398. The average molecular weight is 251 g/mol. The Morgan fingerprint density at radius 3 is 2.28 bits per heavy atom. The van der Waals surface area contributed by atoms with Gasteiger partial charge in [-0.2, -0.15) is 0 Å². The van der Waals surface area contributed by atoms with Crippen molar-refractivity contribution < 1.29 is 15.0 Å². The highest BCUT2D eigenvalue weighted by Crippen LogP contribution is 2.24. The van der Waals surface area contributed by atoms with E-state index in [9.17, 15) is 15.0 Å². The second kappa shape index (κ2) is 6.89. The Balaban J connectivity index is 2.70. The summed E-state index contributed by atoms with van der Waals surface area (Å²) in [5.41, 5.74) is 0.363. The second-order valence-electron chi connectivity index (χ2n) is 4.45. The number of amides is 1. The Morgan fingerprint density at radius 1 is 1.17 bits per heavy atom. The standard InChI is InChI=1S/C14H21NO3/c1-3-5-11(6-4-2)15-14(18)10-7-8-12(16)13(17)9-10/h7-9,11,16-17H,3-6H2,1-2H3,(H,15,18). The molecule has 0 spiro atoms. The molecule has 3 N–H and O–H groups in total. The van der Waals surface area contributed by atoms with Crippen molar-refractivity contribution in [2.24, 2.45) is 0 Å². The molecular weight excluding hydrogens is 230 g/mol. The molecule has 0 radical (unpaired) electrons. The number of phenols is 2. The fourth-order valence-corrected chi connectivity index (χ4v) is 1.92. The predicted octanol–water partition coefficient (Wildman–Crippen LogP) is 2.80. The summed E-state index contributed by atoms with van der Waals surface area (Å²) in [6.45, 7) is 4.17. The van der Waals surface area contributed by atoms with E-state index >= 15 is 0 Å². The highest BCUT2D eigenvalue weighted by molar-refractivity contribution is 5.95. The summed E-state index contributed by atoms with van der Waals surface area (Å²) in [5.74, 6) is -0.701. The van der Waals surface area contributed by atoms with Gasteiger partial charge in [0.15, 0.2) is 11.5 Å². The van der Waals surface area contributed by atoms with Crippen LogP contribution in [0.4, 0.5) is 0 Å². The quantitative estimate of drug-likeness (QED) is 0.681. The Hall–Kier alpha value is -1.71. The van der Waals surface area contributed by atoms with Crippen LogP contribution < -0.4 is 5.32 Å². The summed E-state index contributed by atoms with van der Waals surface area (Å²) in [7, 11) is 0. The molecule has 0 saturated heterocycles. The van der Waals surface area contributed by atoms with Crippen LogP contribution in [0.5, 0.6) is 11.5 Å². The molecule has 0 aliphatic rings. The van der Waals surface area contributed by atoms with E-state index in [1.165, 1.54) is 18.2 Å². The van der Waals surface area contributed by atoms with Crippen molar-refractivity contribution in [1.82, 2.24) is 5.32 Å². The van der Waals surface area contributed by atoms with Crippen molar-refractivity contribution >= 4 is 5.91 Å². The van der Waals surface area contributed by atoms with Crippen LogP contribution in [-0.2, 0) is 0 Å². The van der Waals surface area contributed by atoms with E-state index in [2.05, 4.69) is 19.2 Å². The largest absolute Gasteiger partial charge is 0.504 e. The molecule has 0 atom stereocenters. The number of rotatable bonds is 6. The second-order valence-corrected chi connectivity index (χ2v) is 4.45. The van der Waals surface area contributed by atoms with Crippen LogP contribution in [0, 0.1) is 0 Å². The molecule has 1 aromatic rings. The van der Waals surface area contributed by atoms with Gasteiger partial charge in [-0.25, -0.2) is 0 Å². The van der Waals surface area contributed by atoms with E-state index in [0.717, 1.165) is 25.7 Å². The normalized spacial score (nSPS) is 10.6. The molecule has 0 aliphatic heterocycles. The van der Waals surface area contributed by atoms with Crippen LogP contribution in [0.3, 0.4) is 0 Å². The molecule has 0 aromatic heterocycles. The first kappa shape index (κ1) is 14.4. The summed E-state index contributed by atoms with van der Waals surface area (Å²) in [6.07, 6.45) is 3.94. The van der Waals surface area contributed by atoms with Crippen molar-refractivity contribution in [3.05, 3.63) is 23.8 Å². The maximum Gasteiger partial charge on any atom is 0.251 e. The van der Waals surface area contributed by atoms with Crippen LogP contribution in [0.15, 0.2) is 18.2 Å². The van der Waals surface area contributed by atoms with Crippen LogP contribution in [0.1, 0.15) is 49.9 Å². The van der Waals surface area contributed by atoms with Crippen molar-refractivity contribution in [3.63, 3.8) is 0 Å². The van der Waals surface area contributed by atoms with E-state index in [1.54, 1.807) is 0 Å². The molecular formula is C14H21NO3. The Labute approximate surface area is 108 Å². The van der Waals surface area contributed by atoms with Gasteiger partial charge in [0.25, 0.3) is 5.91 Å². The number of carbonyl (C=O) groups is 1. The van der Waals surface area contributed by atoms with Crippen molar-refractivity contribution in [2.45, 2.75) is 45.6 Å². The van der Waals surface area contributed by atoms with Gasteiger partial charge in [-0.05, 0) is 31.0 Å². The van der Waals surface area contributed by atoms with Crippen molar-refractivity contribution in [1.29, 1.82) is 0 Å². The molecule has 4 nitrogen and oxygen atoms in total. The number of nitrogens with one attached hydrogen (secondary N) is 1. The summed E-state index contributed by atoms with van der Waals surface area (Å²) in [4.78, 5) is 12.0. The van der Waals surface area contributed by atoms with E-state index in [-0.39, 0.29) is 23.4 Å². The lowest BCUT2D eigenvalue weighted by Gasteiger charge is -2.17. The highest BCUT2D eigenvalue weighted by atomic mass is 16.3. The summed E-state index contributed by atoms with van der Waals surface area (Å²) < 4.78 is 0. The molecule has 1 rings (SSSR count). The van der Waals surface area contributed by atoms with E-state index in [0.29, 0.717) is 5.56 Å². The minimum Gasteiger partial charge on any atom is -0.504 e. The van der Waals surface area contributed by atoms with Gasteiger partial charge < -0.3 is 15.5 Å². The number of carbonyl (C=O) groups excluding carboxylic acids is 1. The Morgan fingerprint density at radius 2 is 1.78 bits per heavy atom. The number of aromatic hydroxyl groups is 2. The molecule has 18 heavy (non-hydrogen) atoms. The fraction of sp³-hybridized carbons (Fsp3) is 0.500. The van der Waals surface area contributed by atoms with E-state index < -0.39 is 0 Å². The first-order chi connectivity index (χ1) is 8.58. The number of hydrogen-bond donors (Lipinski definition) is 3. The number of hydrogen-bond acceptors (Lipinski definition) is 3. The summed E-state index contributed by atoms with van der Waals surface area (Å²) >= 11 is 0. The molecule has 100 valence electrons. The Kier molecular flexibility index (Phi) is 5.49. The molecule has 0 aliphatic carbocycles. The minimum absolute atomic E-state index is 0.170. The molecule has 1 amide bonds. The third kappa shape index (κ3) is 3.95. The van der Waals surface area contributed by atoms with Gasteiger partial charge in [-0.1, -0.05) is 26.7 Å². The topological polar surface area (TPSA) is 69.6 Å². The minimum atomic E-state index is -0.273. The smallest absolute Gasteiger partial charge is 0.251 e. The first-order valence-corrected chi connectivity index (χ1v) is 6.41. The first-order valence-electron chi connectivity index (χ1n) is 6.41. The lowest BCUT2D eigenvalue weighted by Crippen LogP contribution is -2.34. The molecule has 0 unspecified atom stereocenters. The monoisotopic (exact) mass is 251 g/mol. The lowest BCUT2D eigenvalue weighted by molar-refractivity contribution is 0.0932. The fourth-order valence-electron chi connectivity index (χ4n) is 1.92. The van der Waals surface area contributed by atoms with Crippen molar-refractivity contribution in [2.75, 3.05) is 0 Å². The number of phenolic OH excluding ortho intramolecular Hbond substituents is 2. The van der Waals surface area contributed by atoms with Crippen molar-refractivity contribution in [3.8, 4) is 11.5 Å².